The molecule has 5 nitrogen and oxygen atoms in total. The third kappa shape index (κ3) is 3.43. The third-order valence-corrected chi connectivity index (χ3v) is 6.63. The summed E-state index contributed by atoms with van der Waals surface area (Å²) in [6, 6.07) is 16.7. The zero-order valence-corrected chi connectivity index (χ0v) is 18.4. The van der Waals surface area contributed by atoms with Crippen LogP contribution < -0.4 is 9.47 Å². The summed E-state index contributed by atoms with van der Waals surface area (Å²) in [5.74, 6) is 1.49. The molecule has 5 rings (SSSR count). The molecule has 0 spiro atoms. The molecule has 0 saturated carbocycles. The van der Waals surface area contributed by atoms with E-state index in [-0.39, 0.29) is 18.9 Å². The molecule has 2 heterocycles. The van der Waals surface area contributed by atoms with Crippen LogP contribution in [0.3, 0.4) is 0 Å². The molecule has 31 heavy (non-hydrogen) atoms. The molecule has 0 N–H and O–H groups in total. The summed E-state index contributed by atoms with van der Waals surface area (Å²) in [5.41, 5.74) is 4.40. The number of amides is 1. The first-order valence-electron chi connectivity index (χ1n) is 11.0. The van der Waals surface area contributed by atoms with E-state index in [4.69, 9.17) is 9.47 Å². The molecule has 3 aromatic rings. The lowest BCUT2D eigenvalue weighted by molar-refractivity contribution is 0.0332. The highest BCUT2D eigenvalue weighted by atomic mass is 16.7. The maximum atomic E-state index is 13.5. The van der Waals surface area contributed by atoms with Gasteiger partial charge in [-0.3, -0.25) is 9.69 Å². The minimum atomic E-state index is 0.0319. The highest BCUT2D eigenvalue weighted by Crippen LogP contribution is 2.37. The molecular weight excluding hydrogens is 388 g/mol. The zero-order valence-electron chi connectivity index (χ0n) is 18.4. The van der Waals surface area contributed by atoms with Crippen LogP contribution in [0.4, 0.5) is 0 Å². The predicted octanol–water partition coefficient (Wildman–Crippen LogP) is 4.74. The number of carbonyl (C=O) groups is 1. The summed E-state index contributed by atoms with van der Waals surface area (Å²) in [7, 11) is 2.12. The van der Waals surface area contributed by atoms with Crippen molar-refractivity contribution in [3.63, 3.8) is 0 Å². The minimum absolute atomic E-state index is 0.0319. The van der Waals surface area contributed by atoms with E-state index >= 15 is 0 Å². The summed E-state index contributed by atoms with van der Waals surface area (Å²) in [6.07, 6.45) is 1.73. The van der Waals surface area contributed by atoms with Crippen molar-refractivity contribution < 1.29 is 14.3 Å². The van der Waals surface area contributed by atoms with Crippen LogP contribution in [0, 0.1) is 6.92 Å². The van der Waals surface area contributed by atoms with Crippen molar-refractivity contribution in [1.82, 2.24) is 9.80 Å². The Bertz CT molecular complexity index is 1160. The molecule has 1 atom stereocenters. The number of rotatable bonds is 5. The summed E-state index contributed by atoms with van der Waals surface area (Å²) < 4.78 is 11.0. The lowest BCUT2D eigenvalue weighted by Crippen LogP contribution is -2.51. The molecule has 5 heteroatoms. The summed E-state index contributed by atoms with van der Waals surface area (Å²) in [6.45, 7) is 6.05. The largest absolute Gasteiger partial charge is 0.454 e. The highest BCUT2D eigenvalue weighted by Gasteiger charge is 2.33. The molecule has 0 radical (unpaired) electrons. The Morgan fingerprint density at radius 2 is 1.87 bits per heavy atom. The number of benzene rings is 3. The van der Waals surface area contributed by atoms with Crippen molar-refractivity contribution in [2.24, 2.45) is 0 Å². The van der Waals surface area contributed by atoms with Gasteiger partial charge in [-0.25, -0.2) is 0 Å². The Labute approximate surface area is 183 Å². The summed E-state index contributed by atoms with van der Waals surface area (Å²) in [4.78, 5) is 17.8. The van der Waals surface area contributed by atoms with E-state index in [9.17, 15) is 4.79 Å². The Balaban J connectivity index is 1.42. The quantitative estimate of drug-likeness (QED) is 0.602. The van der Waals surface area contributed by atoms with Crippen molar-refractivity contribution in [3.05, 3.63) is 70.8 Å². The van der Waals surface area contributed by atoms with Crippen LogP contribution in [-0.4, -0.2) is 42.3 Å². The van der Waals surface area contributed by atoms with E-state index in [1.807, 2.05) is 17.0 Å². The Morgan fingerprint density at radius 1 is 1.10 bits per heavy atom. The van der Waals surface area contributed by atoms with Gasteiger partial charge in [0.2, 0.25) is 6.79 Å². The topological polar surface area (TPSA) is 42.0 Å². The maximum absolute atomic E-state index is 13.5. The first-order chi connectivity index (χ1) is 15.1. The van der Waals surface area contributed by atoms with Gasteiger partial charge in [0.05, 0.1) is 6.17 Å². The van der Waals surface area contributed by atoms with Gasteiger partial charge in [-0.05, 0) is 66.4 Å². The Morgan fingerprint density at radius 3 is 2.68 bits per heavy atom. The minimum Gasteiger partial charge on any atom is -0.454 e. The van der Waals surface area contributed by atoms with Gasteiger partial charge in [-0.1, -0.05) is 43.3 Å². The number of aryl methyl sites for hydroxylation is 1. The lowest BCUT2D eigenvalue weighted by Gasteiger charge is -2.40. The van der Waals surface area contributed by atoms with Gasteiger partial charge in [0.15, 0.2) is 11.5 Å². The first-order valence-corrected chi connectivity index (χ1v) is 11.0. The molecule has 0 aromatic heterocycles. The van der Waals surface area contributed by atoms with Crippen LogP contribution in [0.2, 0.25) is 0 Å². The number of hydrogen-bond donors (Lipinski definition) is 0. The summed E-state index contributed by atoms with van der Waals surface area (Å²) >= 11 is 0. The second kappa shape index (κ2) is 7.89. The normalized spacial score (nSPS) is 16.1. The van der Waals surface area contributed by atoms with E-state index in [0.29, 0.717) is 12.3 Å². The van der Waals surface area contributed by atoms with E-state index in [1.165, 1.54) is 21.9 Å². The number of ether oxygens (including phenoxy) is 2. The van der Waals surface area contributed by atoms with Crippen LogP contribution in [0.1, 0.15) is 40.4 Å². The fraction of sp³-hybridized carbons (Fsp3) is 0.346. The molecule has 2 aliphatic rings. The average Bonchev–Trinajstić information content (AvgIpc) is 3.24. The summed E-state index contributed by atoms with van der Waals surface area (Å²) in [5, 5.41) is 2.54. The monoisotopic (exact) mass is 416 g/mol. The van der Waals surface area contributed by atoms with Crippen molar-refractivity contribution in [1.29, 1.82) is 0 Å². The number of carbonyl (C=O) groups excluding carboxylic acids is 1. The second-order valence-electron chi connectivity index (χ2n) is 8.50. The van der Waals surface area contributed by atoms with E-state index in [2.05, 4.69) is 62.2 Å². The van der Waals surface area contributed by atoms with Gasteiger partial charge in [-0.2, -0.15) is 0 Å². The standard InChI is InChI=1S/C26H28N2O3/c1-4-25(27(3)15-22-17(2)9-10-18-7-5-6-8-20(18)22)28-12-11-19-13-23-24(31-16-30-23)14-21(19)26(28)29/h5-10,13-14,25H,4,11-12,15-16H2,1-3H3. The number of nitrogens with zero attached hydrogens (tertiary/aromatic N) is 2. The predicted molar refractivity (Wildman–Crippen MR) is 122 cm³/mol. The van der Waals surface area contributed by atoms with Crippen LogP contribution in [0.5, 0.6) is 11.5 Å². The van der Waals surface area contributed by atoms with Crippen molar-refractivity contribution >= 4 is 16.7 Å². The fourth-order valence-corrected chi connectivity index (χ4v) is 4.95. The smallest absolute Gasteiger partial charge is 0.255 e. The first kappa shape index (κ1) is 19.9. The third-order valence-electron chi connectivity index (χ3n) is 6.63. The van der Waals surface area contributed by atoms with E-state index < -0.39 is 0 Å². The molecule has 0 bridgehead atoms. The molecule has 0 aliphatic carbocycles. The molecule has 0 saturated heterocycles. The van der Waals surface area contributed by atoms with E-state index in [0.717, 1.165) is 36.3 Å². The van der Waals surface area contributed by atoms with Gasteiger partial charge in [0.1, 0.15) is 0 Å². The average molecular weight is 417 g/mol. The Hall–Kier alpha value is -3.05. The zero-order chi connectivity index (χ0) is 21.5. The fourth-order valence-electron chi connectivity index (χ4n) is 4.95. The SMILES string of the molecule is CCC(N(C)Cc1c(C)ccc2ccccc12)N1CCc2cc3c(cc2C1=O)OCO3. The van der Waals surface area contributed by atoms with Gasteiger partial charge in [0, 0.05) is 18.7 Å². The molecule has 1 unspecified atom stereocenters. The molecular formula is C26H28N2O3. The molecule has 3 aromatic carbocycles. The molecule has 2 aliphatic heterocycles. The number of fused-ring (bicyclic) bond motifs is 3. The molecule has 1 amide bonds. The van der Waals surface area contributed by atoms with Gasteiger partial charge in [-0.15, -0.1) is 0 Å². The number of hydrogen-bond acceptors (Lipinski definition) is 4. The Kier molecular flexibility index (Phi) is 5.06. The van der Waals surface area contributed by atoms with Gasteiger partial charge >= 0.3 is 0 Å². The van der Waals surface area contributed by atoms with Crippen LogP contribution in [-0.2, 0) is 13.0 Å². The van der Waals surface area contributed by atoms with Crippen LogP contribution in [0.15, 0.2) is 48.5 Å². The highest BCUT2D eigenvalue weighted by molar-refractivity contribution is 5.97. The van der Waals surface area contributed by atoms with Crippen molar-refractivity contribution in [2.75, 3.05) is 20.4 Å². The lowest BCUT2D eigenvalue weighted by atomic mass is 9.96. The molecule has 160 valence electrons. The van der Waals surface area contributed by atoms with Crippen molar-refractivity contribution in [2.45, 2.75) is 39.4 Å². The van der Waals surface area contributed by atoms with Gasteiger partial charge in [0.25, 0.3) is 5.91 Å². The van der Waals surface area contributed by atoms with Crippen LogP contribution in [0.25, 0.3) is 10.8 Å². The molecule has 0 fully saturated rings. The second-order valence-corrected chi connectivity index (χ2v) is 8.50. The van der Waals surface area contributed by atoms with Crippen LogP contribution >= 0.6 is 0 Å². The maximum Gasteiger partial charge on any atom is 0.255 e. The van der Waals surface area contributed by atoms with E-state index in [1.54, 1.807) is 0 Å². The van der Waals surface area contributed by atoms with Crippen molar-refractivity contribution in [3.8, 4) is 11.5 Å². The van der Waals surface area contributed by atoms with Gasteiger partial charge < -0.3 is 14.4 Å².